The number of benzene rings is 2. The number of carbonyl (C=O) groups excluding carboxylic acids is 1. The molecular weight excluding hydrogens is 279 g/mol. The largest absolute Gasteiger partial charge is 0.383 e. The normalized spacial score (nSPS) is 10.4. The molecule has 0 aliphatic rings. The van der Waals surface area contributed by atoms with Crippen LogP contribution in [0.4, 0.5) is 10.2 Å². The molecule has 2 N–H and O–H groups in total. The molecule has 0 fully saturated rings. The van der Waals surface area contributed by atoms with Gasteiger partial charge in [-0.2, -0.15) is 0 Å². The SMILES string of the molecule is Nc1nc(-c2ccc(F)cc2)ccc1C(=O)c1ccccc1. The highest BCUT2D eigenvalue weighted by Crippen LogP contribution is 2.22. The van der Waals surface area contributed by atoms with Gasteiger partial charge in [0.2, 0.25) is 0 Å². The Balaban J connectivity index is 1.96. The molecule has 3 nitrogen and oxygen atoms in total. The first kappa shape index (κ1) is 13.9. The molecule has 108 valence electrons. The average molecular weight is 292 g/mol. The van der Waals surface area contributed by atoms with Gasteiger partial charge in [0.25, 0.3) is 0 Å². The molecule has 0 radical (unpaired) electrons. The van der Waals surface area contributed by atoms with E-state index in [9.17, 15) is 9.18 Å². The molecule has 0 saturated heterocycles. The molecule has 3 aromatic rings. The third kappa shape index (κ3) is 2.72. The van der Waals surface area contributed by atoms with Crippen molar-refractivity contribution in [3.63, 3.8) is 0 Å². The smallest absolute Gasteiger partial charge is 0.196 e. The quantitative estimate of drug-likeness (QED) is 0.749. The molecular formula is C18H13FN2O. The van der Waals surface area contributed by atoms with Crippen LogP contribution < -0.4 is 5.73 Å². The van der Waals surface area contributed by atoms with Gasteiger partial charge in [0.15, 0.2) is 5.78 Å². The van der Waals surface area contributed by atoms with Crippen LogP contribution in [0.25, 0.3) is 11.3 Å². The summed E-state index contributed by atoms with van der Waals surface area (Å²) in [6.45, 7) is 0. The Labute approximate surface area is 127 Å². The average Bonchev–Trinajstić information content (AvgIpc) is 2.56. The molecule has 0 aliphatic carbocycles. The van der Waals surface area contributed by atoms with Crippen molar-refractivity contribution in [2.75, 3.05) is 5.73 Å². The second-order valence-corrected chi connectivity index (χ2v) is 4.83. The van der Waals surface area contributed by atoms with E-state index in [4.69, 9.17) is 5.73 Å². The van der Waals surface area contributed by atoms with Crippen LogP contribution in [-0.4, -0.2) is 10.8 Å². The fraction of sp³-hybridized carbons (Fsp3) is 0. The van der Waals surface area contributed by atoms with Gasteiger partial charge in [-0.15, -0.1) is 0 Å². The van der Waals surface area contributed by atoms with E-state index in [0.717, 1.165) is 5.56 Å². The number of hydrogen-bond acceptors (Lipinski definition) is 3. The van der Waals surface area contributed by atoms with Gasteiger partial charge in [-0.3, -0.25) is 4.79 Å². The minimum atomic E-state index is -0.312. The lowest BCUT2D eigenvalue weighted by molar-refractivity contribution is 0.103. The highest BCUT2D eigenvalue weighted by atomic mass is 19.1. The number of ketones is 1. The minimum Gasteiger partial charge on any atom is -0.383 e. The Kier molecular flexibility index (Phi) is 3.66. The summed E-state index contributed by atoms with van der Waals surface area (Å²) in [4.78, 5) is 16.6. The lowest BCUT2D eigenvalue weighted by Gasteiger charge is -2.07. The van der Waals surface area contributed by atoms with Gasteiger partial charge in [-0.1, -0.05) is 30.3 Å². The van der Waals surface area contributed by atoms with Crippen LogP contribution >= 0.6 is 0 Å². The Bertz CT molecular complexity index is 814. The number of hydrogen-bond donors (Lipinski definition) is 1. The van der Waals surface area contributed by atoms with Gasteiger partial charge in [-0.25, -0.2) is 9.37 Å². The van der Waals surface area contributed by atoms with Crippen LogP contribution in [-0.2, 0) is 0 Å². The summed E-state index contributed by atoms with van der Waals surface area (Å²) in [5, 5.41) is 0. The summed E-state index contributed by atoms with van der Waals surface area (Å²) in [7, 11) is 0. The standard InChI is InChI=1S/C18H13FN2O/c19-14-8-6-12(7-9-14)16-11-10-15(18(20)21-16)17(22)13-4-2-1-3-5-13/h1-11H,(H2,20,21). The number of nitrogen functional groups attached to an aromatic ring is 1. The first-order valence-electron chi connectivity index (χ1n) is 6.77. The first-order chi connectivity index (χ1) is 10.6. The Morgan fingerprint density at radius 3 is 2.23 bits per heavy atom. The van der Waals surface area contributed by atoms with Crippen molar-refractivity contribution < 1.29 is 9.18 Å². The molecule has 0 saturated carbocycles. The van der Waals surface area contributed by atoms with Crippen LogP contribution in [0.5, 0.6) is 0 Å². The fourth-order valence-electron chi connectivity index (χ4n) is 2.19. The number of nitrogens with two attached hydrogens (primary N) is 1. The van der Waals surface area contributed by atoms with E-state index in [1.165, 1.54) is 12.1 Å². The van der Waals surface area contributed by atoms with E-state index in [1.807, 2.05) is 6.07 Å². The van der Waals surface area contributed by atoms with Gasteiger partial charge < -0.3 is 5.73 Å². The first-order valence-corrected chi connectivity index (χ1v) is 6.77. The zero-order chi connectivity index (χ0) is 15.5. The topological polar surface area (TPSA) is 56.0 Å². The van der Waals surface area contributed by atoms with Gasteiger partial charge in [-0.05, 0) is 36.4 Å². The van der Waals surface area contributed by atoms with Crippen LogP contribution in [0, 0.1) is 5.82 Å². The van der Waals surface area contributed by atoms with Gasteiger partial charge in [0.05, 0.1) is 11.3 Å². The Hall–Kier alpha value is -3.01. The number of aromatic nitrogens is 1. The van der Waals surface area contributed by atoms with E-state index in [1.54, 1.807) is 48.5 Å². The van der Waals surface area contributed by atoms with Crippen molar-refractivity contribution in [2.45, 2.75) is 0 Å². The molecule has 0 atom stereocenters. The zero-order valence-corrected chi connectivity index (χ0v) is 11.7. The maximum Gasteiger partial charge on any atom is 0.196 e. The molecule has 2 aromatic carbocycles. The lowest BCUT2D eigenvalue weighted by atomic mass is 10.0. The molecule has 22 heavy (non-hydrogen) atoms. The van der Waals surface area contributed by atoms with Crippen LogP contribution in [0.2, 0.25) is 0 Å². The summed E-state index contributed by atoms with van der Waals surface area (Å²) in [5.41, 5.74) is 8.18. The van der Waals surface area contributed by atoms with Gasteiger partial charge in [0.1, 0.15) is 11.6 Å². The lowest BCUT2D eigenvalue weighted by Crippen LogP contribution is -2.07. The predicted molar refractivity (Wildman–Crippen MR) is 83.9 cm³/mol. The molecule has 3 rings (SSSR count). The fourth-order valence-corrected chi connectivity index (χ4v) is 2.19. The molecule has 0 bridgehead atoms. The van der Waals surface area contributed by atoms with E-state index in [-0.39, 0.29) is 17.4 Å². The summed E-state index contributed by atoms with van der Waals surface area (Å²) in [6.07, 6.45) is 0. The highest BCUT2D eigenvalue weighted by molar-refractivity contribution is 6.11. The molecule has 0 aliphatic heterocycles. The van der Waals surface area contributed by atoms with Crippen molar-refractivity contribution in [3.8, 4) is 11.3 Å². The number of nitrogens with zero attached hydrogens (tertiary/aromatic N) is 1. The number of rotatable bonds is 3. The Morgan fingerprint density at radius 2 is 1.59 bits per heavy atom. The second-order valence-electron chi connectivity index (χ2n) is 4.83. The molecule has 0 amide bonds. The molecule has 0 unspecified atom stereocenters. The number of halogens is 1. The van der Waals surface area contributed by atoms with Crippen LogP contribution in [0.3, 0.4) is 0 Å². The van der Waals surface area contributed by atoms with Crippen LogP contribution in [0.15, 0.2) is 66.7 Å². The van der Waals surface area contributed by atoms with E-state index < -0.39 is 0 Å². The monoisotopic (exact) mass is 292 g/mol. The van der Waals surface area contributed by atoms with Crippen molar-refractivity contribution in [3.05, 3.63) is 83.7 Å². The predicted octanol–water partition coefficient (Wildman–Crippen LogP) is 3.70. The Morgan fingerprint density at radius 1 is 0.909 bits per heavy atom. The molecule has 1 aromatic heterocycles. The number of pyridine rings is 1. The summed E-state index contributed by atoms with van der Waals surface area (Å²) < 4.78 is 12.9. The maximum absolute atomic E-state index is 12.9. The summed E-state index contributed by atoms with van der Waals surface area (Å²) >= 11 is 0. The second kappa shape index (κ2) is 5.77. The maximum atomic E-state index is 12.9. The number of anilines is 1. The van der Waals surface area contributed by atoms with Crippen molar-refractivity contribution in [1.29, 1.82) is 0 Å². The summed E-state index contributed by atoms with van der Waals surface area (Å²) in [6, 6.07) is 18.2. The molecule has 0 spiro atoms. The van der Waals surface area contributed by atoms with E-state index >= 15 is 0 Å². The molecule has 4 heteroatoms. The third-order valence-electron chi connectivity index (χ3n) is 3.35. The van der Waals surface area contributed by atoms with E-state index in [2.05, 4.69) is 4.98 Å². The number of carbonyl (C=O) groups is 1. The minimum absolute atomic E-state index is 0.163. The van der Waals surface area contributed by atoms with E-state index in [0.29, 0.717) is 16.8 Å². The van der Waals surface area contributed by atoms with Gasteiger partial charge in [0, 0.05) is 11.1 Å². The van der Waals surface area contributed by atoms with Gasteiger partial charge >= 0.3 is 0 Å². The van der Waals surface area contributed by atoms with Crippen LogP contribution in [0.1, 0.15) is 15.9 Å². The van der Waals surface area contributed by atoms with Crippen molar-refractivity contribution >= 4 is 11.6 Å². The third-order valence-corrected chi connectivity index (χ3v) is 3.35. The highest BCUT2D eigenvalue weighted by Gasteiger charge is 2.14. The van der Waals surface area contributed by atoms with Crippen molar-refractivity contribution in [2.24, 2.45) is 0 Å². The molecule has 1 heterocycles. The summed E-state index contributed by atoms with van der Waals surface area (Å²) in [5.74, 6) is -0.320. The van der Waals surface area contributed by atoms with Crippen molar-refractivity contribution in [1.82, 2.24) is 4.98 Å². The zero-order valence-electron chi connectivity index (χ0n) is 11.7.